The molecular formula is C32H37NO4P2. The molecule has 1 N–H and O–H groups in total. The zero-order valence-electron chi connectivity index (χ0n) is 23.1. The normalized spacial score (nSPS) is 11.0. The van der Waals surface area contributed by atoms with Gasteiger partial charge in [0, 0.05) is 16.1 Å². The van der Waals surface area contributed by atoms with Gasteiger partial charge in [-0.1, -0.05) is 48.5 Å². The minimum atomic E-state index is -0.989. The van der Waals surface area contributed by atoms with E-state index in [-0.39, 0.29) is 0 Å². The molecule has 0 aromatic heterocycles. The molecule has 0 heterocycles. The molecule has 0 amide bonds. The summed E-state index contributed by atoms with van der Waals surface area (Å²) in [6.07, 6.45) is 0. The molecule has 0 aliphatic heterocycles. The summed E-state index contributed by atoms with van der Waals surface area (Å²) in [5.41, 5.74) is 0. The van der Waals surface area contributed by atoms with Crippen LogP contribution >= 0.6 is 16.1 Å². The summed E-state index contributed by atoms with van der Waals surface area (Å²) in [4.78, 5) is 4.10. The lowest BCUT2D eigenvalue weighted by molar-refractivity contribution is 0.340. The molecule has 4 aromatic carbocycles. The van der Waals surface area contributed by atoms with E-state index in [9.17, 15) is 0 Å². The molecule has 4 aromatic rings. The van der Waals surface area contributed by atoms with Crippen LogP contribution in [0.4, 0.5) is 0 Å². The molecule has 0 radical (unpaired) electrons. The van der Waals surface area contributed by atoms with Crippen LogP contribution in [0.1, 0.15) is 27.7 Å². The summed E-state index contributed by atoms with van der Waals surface area (Å²) >= 11 is 0. The molecule has 0 bridgehead atoms. The van der Waals surface area contributed by atoms with E-state index >= 15 is 0 Å². The van der Waals surface area contributed by atoms with Gasteiger partial charge in [0.05, 0.1) is 26.4 Å². The van der Waals surface area contributed by atoms with Gasteiger partial charge in [0.25, 0.3) is 0 Å². The van der Waals surface area contributed by atoms with E-state index < -0.39 is 16.1 Å². The van der Waals surface area contributed by atoms with Crippen LogP contribution in [0.25, 0.3) is 0 Å². The fourth-order valence-corrected chi connectivity index (χ4v) is 9.35. The first-order valence-electron chi connectivity index (χ1n) is 13.4. The molecule has 0 spiro atoms. The smallest absolute Gasteiger partial charge is 0.119 e. The van der Waals surface area contributed by atoms with Crippen molar-refractivity contribution < 1.29 is 18.9 Å². The minimum absolute atomic E-state index is 0.621. The third-order valence-electron chi connectivity index (χ3n) is 5.75. The van der Waals surface area contributed by atoms with Gasteiger partial charge in [-0.2, -0.15) is 0 Å². The number of hydrogen-bond acceptors (Lipinski definition) is 5. The molecule has 204 valence electrons. The quantitative estimate of drug-likeness (QED) is 0.184. The van der Waals surface area contributed by atoms with E-state index in [2.05, 4.69) is 77.7 Å². The molecule has 0 saturated carbocycles. The Kier molecular flexibility index (Phi) is 11.0. The lowest BCUT2D eigenvalue weighted by Crippen LogP contribution is -2.27. The van der Waals surface area contributed by atoms with Gasteiger partial charge >= 0.3 is 0 Å². The van der Waals surface area contributed by atoms with Crippen molar-refractivity contribution >= 4 is 37.4 Å². The van der Waals surface area contributed by atoms with Crippen LogP contribution in [0.3, 0.4) is 0 Å². The Hall–Kier alpha value is -3.10. The summed E-state index contributed by atoms with van der Waals surface area (Å²) < 4.78 is 23.5. The lowest BCUT2D eigenvalue weighted by atomic mass is 10.3. The van der Waals surface area contributed by atoms with Crippen molar-refractivity contribution in [1.29, 1.82) is 0 Å². The highest BCUT2D eigenvalue weighted by atomic mass is 31.2. The SMILES string of the molecule is CCOc1cccc(P(NP(c2cccc(OCC)c2)c2cccc(OCC)c2)c2cccc(OCC)c2)c1. The molecule has 0 atom stereocenters. The van der Waals surface area contributed by atoms with E-state index in [0.29, 0.717) is 26.4 Å². The number of hydrogen-bond donors (Lipinski definition) is 1. The van der Waals surface area contributed by atoms with Gasteiger partial charge in [0.2, 0.25) is 0 Å². The molecular weight excluding hydrogens is 524 g/mol. The van der Waals surface area contributed by atoms with Gasteiger partial charge in [-0.25, -0.2) is 0 Å². The van der Waals surface area contributed by atoms with Crippen LogP contribution < -0.4 is 45.0 Å². The van der Waals surface area contributed by atoms with Crippen LogP contribution in [-0.4, -0.2) is 26.4 Å². The van der Waals surface area contributed by atoms with Crippen molar-refractivity contribution in [2.75, 3.05) is 26.4 Å². The molecule has 0 unspecified atom stereocenters. The second kappa shape index (κ2) is 14.9. The maximum absolute atomic E-state index is 5.88. The average Bonchev–Trinajstić information content (AvgIpc) is 2.95. The molecule has 7 heteroatoms. The number of nitrogens with one attached hydrogen (secondary N) is 1. The predicted molar refractivity (Wildman–Crippen MR) is 166 cm³/mol. The second-order valence-electron chi connectivity index (χ2n) is 8.49. The Morgan fingerprint density at radius 2 is 0.692 bits per heavy atom. The first-order valence-corrected chi connectivity index (χ1v) is 16.1. The predicted octanol–water partition coefficient (Wildman–Crippen LogP) is 6.27. The van der Waals surface area contributed by atoms with Crippen molar-refractivity contribution in [3.63, 3.8) is 0 Å². The van der Waals surface area contributed by atoms with Gasteiger partial charge < -0.3 is 18.9 Å². The summed E-state index contributed by atoms with van der Waals surface area (Å²) in [7, 11) is -1.98. The largest absolute Gasteiger partial charge is 0.494 e. The van der Waals surface area contributed by atoms with Crippen molar-refractivity contribution in [1.82, 2.24) is 4.86 Å². The van der Waals surface area contributed by atoms with Gasteiger partial charge in [0.15, 0.2) is 0 Å². The lowest BCUT2D eigenvalue weighted by Gasteiger charge is -2.28. The number of benzene rings is 4. The number of rotatable bonds is 14. The van der Waals surface area contributed by atoms with Gasteiger partial charge in [0.1, 0.15) is 23.0 Å². The topological polar surface area (TPSA) is 49.0 Å². The third kappa shape index (κ3) is 7.96. The highest BCUT2D eigenvalue weighted by molar-refractivity contribution is 7.85. The van der Waals surface area contributed by atoms with E-state index in [1.807, 2.05) is 52.0 Å². The molecule has 0 fully saturated rings. The molecule has 39 heavy (non-hydrogen) atoms. The summed E-state index contributed by atoms with van der Waals surface area (Å²) in [5, 5.41) is 4.72. The maximum atomic E-state index is 5.88. The zero-order valence-corrected chi connectivity index (χ0v) is 24.9. The van der Waals surface area contributed by atoms with Crippen molar-refractivity contribution in [3.8, 4) is 23.0 Å². The van der Waals surface area contributed by atoms with Crippen LogP contribution in [0.15, 0.2) is 97.1 Å². The zero-order chi connectivity index (χ0) is 27.5. The first kappa shape index (κ1) is 28.9. The molecule has 4 rings (SSSR count). The first-order chi connectivity index (χ1) is 19.1. The third-order valence-corrected chi connectivity index (χ3v) is 10.5. The fourth-order valence-electron chi connectivity index (χ4n) is 4.15. The van der Waals surface area contributed by atoms with E-state index in [1.165, 1.54) is 21.2 Å². The Morgan fingerprint density at radius 1 is 0.436 bits per heavy atom. The molecule has 5 nitrogen and oxygen atoms in total. The highest BCUT2D eigenvalue weighted by Gasteiger charge is 2.24. The van der Waals surface area contributed by atoms with Crippen LogP contribution in [0, 0.1) is 0 Å². The fraction of sp³-hybridized carbons (Fsp3) is 0.250. The summed E-state index contributed by atoms with van der Waals surface area (Å²) in [6, 6.07) is 33.6. The number of ether oxygens (including phenoxy) is 4. The van der Waals surface area contributed by atoms with E-state index in [1.54, 1.807) is 0 Å². The van der Waals surface area contributed by atoms with E-state index in [4.69, 9.17) is 18.9 Å². The van der Waals surface area contributed by atoms with Gasteiger partial charge in [-0.3, -0.25) is 4.86 Å². The molecule has 0 aliphatic carbocycles. The standard InChI is InChI=1S/C32H37NO4P2/c1-5-34-25-13-9-17-29(21-25)38(30-18-10-14-26(22-30)35-6-2)33-39(31-19-11-15-27(23-31)36-7-3)32-20-12-16-28(24-32)37-8-4/h9-24,33H,5-8H2,1-4H3. The molecule has 0 saturated heterocycles. The Bertz CT molecular complexity index is 1130. The van der Waals surface area contributed by atoms with E-state index in [0.717, 1.165) is 23.0 Å². The van der Waals surface area contributed by atoms with Gasteiger partial charge in [-0.05, 0) is 97.4 Å². The van der Waals surface area contributed by atoms with Crippen LogP contribution in [0.5, 0.6) is 23.0 Å². The van der Waals surface area contributed by atoms with Crippen molar-refractivity contribution in [2.45, 2.75) is 27.7 Å². The highest BCUT2D eigenvalue weighted by Crippen LogP contribution is 2.44. The second-order valence-corrected chi connectivity index (χ2v) is 12.7. The van der Waals surface area contributed by atoms with Crippen LogP contribution in [-0.2, 0) is 0 Å². The van der Waals surface area contributed by atoms with Gasteiger partial charge in [-0.15, -0.1) is 0 Å². The minimum Gasteiger partial charge on any atom is -0.494 e. The average molecular weight is 562 g/mol. The maximum Gasteiger partial charge on any atom is 0.119 e. The monoisotopic (exact) mass is 561 g/mol. The van der Waals surface area contributed by atoms with Crippen molar-refractivity contribution in [2.24, 2.45) is 0 Å². The Balaban J connectivity index is 1.84. The van der Waals surface area contributed by atoms with Crippen molar-refractivity contribution in [3.05, 3.63) is 97.1 Å². The Labute approximate surface area is 235 Å². The molecule has 0 aliphatic rings. The van der Waals surface area contributed by atoms with Crippen LogP contribution in [0.2, 0.25) is 0 Å². The summed E-state index contributed by atoms with van der Waals surface area (Å²) in [6.45, 7) is 10.5. The summed E-state index contributed by atoms with van der Waals surface area (Å²) in [5.74, 6) is 3.47. The Morgan fingerprint density at radius 3 is 0.923 bits per heavy atom.